The molecule has 0 saturated heterocycles. The Hall–Kier alpha value is -2.54. The molecule has 0 aliphatic heterocycles. The third-order valence-corrected chi connectivity index (χ3v) is 5.51. The summed E-state index contributed by atoms with van der Waals surface area (Å²) in [6.07, 6.45) is -1.10. The maximum Gasteiger partial charge on any atom is 0.343 e. The Balaban J connectivity index is 1.70. The third-order valence-electron chi connectivity index (χ3n) is 4.31. The molecular weight excluding hydrogens is 449 g/mol. The first-order valence-corrected chi connectivity index (χ1v) is 10.1. The van der Waals surface area contributed by atoms with Gasteiger partial charge in [-0.05, 0) is 31.5 Å². The van der Waals surface area contributed by atoms with Gasteiger partial charge in [0, 0.05) is 0 Å². The Labute approximate surface area is 188 Å². The number of ether oxygens (including phenoxy) is 1. The Morgan fingerprint density at radius 3 is 2.50 bits per heavy atom. The largest absolute Gasteiger partial charge is 0.449 e. The van der Waals surface area contributed by atoms with Crippen LogP contribution >= 0.6 is 34.8 Å². The highest BCUT2D eigenvalue weighted by Crippen LogP contribution is 2.29. The summed E-state index contributed by atoms with van der Waals surface area (Å²) in [5.74, 6) is -1.30. The normalized spacial score (nSPS) is 11.8. The van der Waals surface area contributed by atoms with Gasteiger partial charge in [0.2, 0.25) is 0 Å². The number of aryl methyl sites for hydroxylation is 1. The first-order valence-electron chi connectivity index (χ1n) is 9.00. The van der Waals surface area contributed by atoms with E-state index in [1.54, 1.807) is 25.1 Å². The van der Waals surface area contributed by atoms with Crippen LogP contribution in [0.15, 0.2) is 48.5 Å². The van der Waals surface area contributed by atoms with E-state index in [0.29, 0.717) is 22.9 Å². The highest BCUT2D eigenvalue weighted by atomic mass is 35.5. The van der Waals surface area contributed by atoms with Gasteiger partial charge in [0.15, 0.2) is 6.10 Å². The second kappa shape index (κ2) is 9.51. The molecule has 0 radical (unpaired) electrons. The van der Waals surface area contributed by atoms with Crippen LogP contribution in [0.2, 0.25) is 15.2 Å². The van der Waals surface area contributed by atoms with Crippen LogP contribution in [-0.4, -0.2) is 27.8 Å². The van der Waals surface area contributed by atoms with Crippen molar-refractivity contribution in [3.8, 4) is 0 Å². The number of benzene rings is 2. The Kier molecular flexibility index (Phi) is 7.02. The van der Waals surface area contributed by atoms with Crippen molar-refractivity contribution < 1.29 is 14.3 Å². The van der Waals surface area contributed by atoms with E-state index in [0.717, 1.165) is 5.56 Å². The molecule has 0 saturated carbocycles. The number of esters is 1. The zero-order valence-electron chi connectivity index (χ0n) is 16.2. The number of aromatic nitrogens is 2. The molecule has 3 aromatic rings. The van der Waals surface area contributed by atoms with Gasteiger partial charge in [-0.15, -0.1) is 0 Å². The van der Waals surface area contributed by atoms with E-state index in [1.807, 2.05) is 30.3 Å². The first-order chi connectivity index (χ1) is 14.3. The van der Waals surface area contributed by atoms with E-state index in [-0.39, 0.29) is 15.7 Å². The summed E-state index contributed by atoms with van der Waals surface area (Å²) in [5.41, 5.74) is 1.83. The number of rotatable bonds is 6. The molecule has 1 amide bonds. The summed E-state index contributed by atoms with van der Waals surface area (Å²) in [4.78, 5) is 25.1. The van der Waals surface area contributed by atoms with E-state index >= 15 is 0 Å². The number of hydrogen-bond donors (Lipinski definition) is 1. The number of halogens is 3. The van der Waals surface area contributed by atoms with Crippen molar-refractivity contribution in [1.82, 2.24) is 9.78 Å². The minimum atomic E-state index is -1.10. The van der Waals surface area contributed by atoms with Gasteiger partial charge < -0.3 is 10.1 Å². The van der Waals surface area contributed by atoms with E-state index in [4.69, 9.17) is 39.5 Å². The van der Waals surface area contributed by atoms with E-state index in [9.17, 15) is 9.59 Å². The molecule has 1 unspecified atom stereocenters. The number of nitrogens with zero attached hydrogens (tertiary/aromatic N) is 2. The fourth-order valence-electron chi connectivity index (χ4n) is 2.75. The summed E-state index contributed by atoms with van der Waals surface area (Å²) in [6, 6.07) is 14.4. The number of amides is 1. The molecule has 6 nitrogen and oxygen atoms in total. The van der Waals surface area contributed by atoms with E-state index < -0.39 is 18.0 Å². The van der Waals surface area contributed by atoms with Crippen molar-refractivity contribution in [3.05, 3.63) is 80.6 Å². The van der Waals surface area contributed by atoms with Crippen molar-refractivity contribution in [3.63, 3.8) is 0 Å². The summed E-state index contributed by atoms with van der Waals surface area (Å²) in [7, 11) is 0. The lowest BCUT2D eigenvalue weighted by molar-refractivity contribution is -0.123. The number of nitrogens with one attached hydrogen (secondary N) is 1. The first kappa shape index (κ1) is 22.2. The monoisotopic (exact) mass is 465 g/mol. The molecule has 2 aromatic carbocycles. The van der Waals surface area contributed by atoms with Gasteiger partial charge in [0.1, 0.15) is 10.7 Å². The van der Waals surface area contributed by atoms with Crippen LogP contribution in [0.5, 0.6) is 0 Å². The van der Waals surface area contributed by atoms with Gasteiger partial charge in [0.25, 0.3) is 5.91 Å². The number of carbonyl (C=O) groups is 2. The second-order valence-corrected chi connectivity index (χ2v) is 7.68. The van der Waals surface area contributed by atoms with Crippen LogP contribution in [0.25, 0.3) is 0 Å². The molecule has 156 valence electrons. The average Bonchev–Trinajstić information content (AvgIpc) is 2.99. The Morgan fingerprint density at radius 1 is 1.10 bits per heavy atom. The van der Waals surface area contributed by atoms with Crippen LogP contribution in [0.1, 0.15) is 28.5 Å². The van der Waals surface area contributed by atoms with Crippen LogP contribution in [0.4, 0.5) is 5.69 Å². The van der Waals surface area contributed by atoms with Gasteiger partial charge >= 0.3 is 5.97 Å². The minimum Gasteiger partial charge on any atom is -0.449 e. The van der Waals surface area contributed by atoms with Crippen molar-refractivity contribution in [2.75, 3.05) is 5.32 Å². The Morgan fingerprint density at radius 2 is 1.80 bits per heavy atom. The number of anilines is 1. The predicted molar refractivity (Wildman–Crippen MR) is 117 cm³/mol. The number of carbonyl (C=O) groups excluding carboxylic acids is 2. The van der Waals surface area contributed by atoms with Crippen LogP contribution in [0.3, 0.4) is 0 Å². The van der Waals surface area contributed by atoms with Gasteiger partial charge in [-0.25, -0.2) is 9.48 Å². The highest BCUT2D eigenvalue weighted by Gasteiger charge is 2.26. The Bertz CT molecular complexity index is 1080. The number of hydrogen-bond acceptors (Lipinski definition) is 4. The smallest absolute Gasteiger partial charge is 0.343 e. The van der Waals surface area contributed by atoms with Crippen LogP contribution in [-0.2, 0) is 16.1 Å². The summed E-state index contributed by atoms with van der Waals surface area (Å²) >= 11 is 18.4. The van der Waals surface area contributed by atoms with E-state index in [2.05, 4.69) is 10.4 Å². The maximum atomic E-state index is 12.7. The zero-order chi connectivity index (χ0) is 21.8. The third kappa shape index (κ3) is 4.95. The fourth-order valence-corrected chi connectivity index (χ4v) is 3.41. The predicted octanol–water partition coefficient (Wildman–Crippen LogP) is 5.38. The molecule has 1 N–H and O–H groups in total. The topological polar surface area (TPSA) is 73.2 Å². The molecule has 30 heavy (non-hydrogen) atoms. The minimum absolute atomic E-state index is 0.119. The molecule has 1 aromatic heterocycles. The van der Waals surface area contributed by atoms with Crippen molar-refractivity contribution in [2.45, 2.75) is 26.5 Å². The molecule has 1 heterocycles. The van der Waals surface area contributed by atoms with Crippen molar-refractivity contribution in [2.24, 2.45) is 0 Å². The molecule has 0 fully saturated rings. The maximum absolute atomic E-state index is 12.7. The summed E-state index contributed by atoms with van der Waals surface area (Å²) in [5, 5.41) is 7.55. The van der Waals surface area contributed by atoms with Crippen LogP contribution in [0, 0.1) is 6.92 Å². The molecular formula is C21H18Cl3N3O3. The van der Waals surface area contributed by atoms with Crippen molar-refractivity contribution in [1.29, 1.82) is 0 Å². The molecule has 1 atom stereocenters. The molecule has 9 heteroatoms. The highest BCUT2D eigenvalue weighted by molar-refractivity contribution is 6.44. The van der Waals surface area contributed by atoms with Crippen molar-refractivity contribution >= 4 is 52.4 Å². The van der Waals surface area contributed by atoms with E-state index in [1.165, 1.54) is 11.6 Å². The summed E-state index contributed by atoms with van der Waals surface area (Å²) in [6.45, 7) is 3.50. The SMILES string of the molecule is Cc1nn(Cc2ccccc2)c(Cl)c1C(=O)OC(C)C(=O)Nc1cccc(Cl)c1Cl. The van der Waals surface area contributed by atoms with Gasteiger partial charge in [-0.2, -0.15) is 5.10 Å². The molecule has 0 bridgehead atoms. The fraction of sp³-hybridized carbons (Fsp3) is 0.190. The lowest BCUT2D eigenvalue weighted by Gasteiger charge is -2.14. The molecule has 0 spiro atoms. The molecule has 0 aliphatic rings. The summed E-state index contributed by atoms with van der Waals surface area (Å²) < 4.78 is 6.81. The lowest BCUT2D eigenvalue weighted by atomic mass is 10.2. The van der Waals surface area contributed by atoms with Gasteiger partial charge in [-0.3, -0.25) is 4.79 Å². The molecule has 0 aliphatic carbocycles. The van der Waals surface area contributed by atoms with Gasteiger partial charge in [0.05, 0.1) is 28.0 Å². The second-order valence-electron chi connectivity index (χ2n) is 6.53. The lowest BCUT2D eigenvalue weighted by Crippen LogP contribution is -2.30. The van der Waals surface area contributed by atoms with Crippen LogP contribution < -0.4 is 5.32 Å². The van der Waals surface area contributed by atoms with Gasteiger partial charge in [-0.1, -0.05) is 71.2 Å². The quantitative estimate of drug-likeness (QED) is 0.495. The standard InChI is InChI=1S/C21H18Cl3N3O3/c1-12-17(19(24)27(26-12)11-14-7-4-3-5-8-14)21(29)30-13(2)20(28)25-16-10-6-9-15(22)18(16)23/h3-10,13H,11H2,1-2H3,(H,25,28). The molecule has 3 rings (SSSR count). The average molecular weight is 467 g/mol. The zero-order valence-corrected chi connectivity index (χ0v) is 18.4.